The van der Waals surface area contributed by atoms with E-state index in [4.69, 9.17) is 11.6 Å². The first-order valence-corrected chi connectivity index (χ1v) is 9.43. The van der Waals surface area contributed by atoms with E-state index in [1.54, 1.807) is 5.32 Å². The number of rotatable bonds is 5. The predicted molar refractivity (Wildman–Crippen MR) is 95.3 cm³/mol. The van der Waals surface area contributed by atoms with Crippen LogP contribution in [0.25, 0.3) is 0 Å². The fourth-order valence-electron chi connectivity index (χ4n) is 2.02. The predicted octanol–water partition coefficient (Wildman–Crippen LogP) is 3.33. The van der Waals surface area contributed by atoms with E-state index in [2.05, 4.69) is 0 Å². The van der Waals surface area contributed by atoms with Crippen LogP contribution in [0.15, 0.2) is 52.3 Å². The Kier molecular flexibility index (Phi) is 5.93. The van der Waals surface area contributed by atoms with Crippen molar-refractivity contribution in [1.29, 1.82) is 0 Å². The fourth-order valence-corrected chi connectivity index (χ4v) is 3.60. The number of alkyl halides is 3. The summed E-state index contributed by atoms with van der Waals surface area (Å²) in [6, 6.07) is 6.81. The van der Waals surface area contributed by atoms with E-state index in [9.17, 15) is 41.6 Å². The van der Waals surface area contributed by atoms with Crippen molar-refractivity contribution >= 4 is 38.7 Å². The number of carbonyl (C=O) groups is 1. The molecule has 156 valence electrons. The van der Waals surface area contributed by atoms with E-state index < -0.39 is 37.5 Å². The lowest BCUT2D eigenvalue weighted by atomic mass is 10.1. The molecule has 29 heavy (non-hydrogen) atoms. The van der Waals surface area contributed by atoms with Gasteiger partial charge >= 0.3 is 6.18 Å². The van der Waals surface area contributed by atoms with Gasteiger partial charge in [0, 0.05) is 12.1 Å². The first-order chi connectivity index (χ1) is 13.2. The van der Waals surface area contributed by atoms with E-state index in [1.165, 1.54) is 0 Å². The van der Waals surface area contributed by atoms with E-state index >= 15 is 0 Å². The lowest BCUT2D eigenvalue weighted by Crippen LogP contribution is -2.52. The van der Waals surface area contributed by atoms with Crippen molar-refractivity contribution in [3.63, 3.8) is 0 Å². The minimum absolute atomic E-state index is 0.254. The zero-order chi connectivity index (χ0) is 22.2. The van der Waals surface area contributed by atoms with Crippen LogP contribution in [-0.4, -0.2) is 36.1 Å². The number of aliphatic hydroxyl groups is 1. The highest BCUT2D eigenvalue weighted by Gasteiger charge is 2.55. The van der Waals surface area contributed by atoms with Crippen LogP contribution in [0.2, 0.25) is 5.02 Å². The Bertz CT molecular complexity index is 1070. The highest BCUT2D eigenvalue weighted by atomic mass is 35.5. The van der Waals surface area contributed by atoms with Gasteiger partial charge in [-0.25, -0.2) is 8.42 Å². The Balaban J connectivity index is 2.33. The fraction of sp³-hybridized carbons (Fsp3) is 0.188. The molecule has 0 heterocycles. The molecule has 0 radical (unpaired) electrons. The molecular formula is C16H12ClF3N2O6S. The summed E-state index contributed by atoms with van der Waals surface area (Å²) in [5, 5.41) is 21.4. The van der Waals surface area contributed by atoms with Gasteiger partial charge < -0.3 is 10.4 Å². The first kappa shape index (κ1) is 22.6. The number of halogens is 4. The summed E-state index contributed by atoms with van der Waals surface area (Å²) < 4.78 is 63.3. The van der Waals surface area contributed by atoms with Crippen molar-refractivity contribution < 1.29 is 36.4 Å². The third kappa shape index (κ3) is 4.49. The maximum atomic E-state index is 12.7. The standard InChI is InChI=1S/C16H12ClF3N2O6S/c1-15(24,16(18,19)20)14(23)21-13-7-6-11(8-12(13)17)29(27,28)10-4-2-9(3-5-10)22(25)26/h2-8,24H,1H3,(H,21,23). The highest BCUT2D eigenvalue weighted by Crippen LogP contribution is 2.33. The zero-order valence-corrected chi connectivity index (χ0v) is 16.0. The van der Waals surface area contributed by atoms with Crippen LogP contribution >= 0.6 is 11.6 Å². The molecule has 8 nitrogen and oxygen atoms in total. The van der Waals surface area contributed by atoms with Crippen LogP contribution in [-0.2, 0) is 14.6 Å². The molecule has 0 bridgehead atoms. The molecule has 0 aromatic heterocycles. The van der Waals surface area contributed by atoms with Gasteiger partial charge in [0.2, 0.25) is 15.4 Å². The molecule has 0 spiro atoms. The summed E-state index contributed by atoms with van der Waals surface area (Å²) in [4.78, 5) is 21.0. The number of hydrogen-bond acceptors (Lipinski definition) is 6. The summed E-state index contributed by atoms with van der Waals surface area (Å²) in [6.07, 6.45) is -5.25. The van der Waals surface area contributed by atoms with E-state index in [-0.39, 0.29) is 28.1 Å². The zero-order valence-electron chi connectivity index (χ0n) is 14.4. The minimum atomic E-state index is -5.25. The number of nitrogens with zero attached hydrogens (tertiary/aromatic N) is 1. The van der Waals surface area contributed by atoms with Crippen molar-refractivity contribution in [2.24, 2.45) is 0 Å². The molecule has 0 saturated heterocycles. The van der Waals surface area contributed by atoms with Crippen LogP contribution < -0.4 is 5.32 Å². The van der Waals surface area contributed by atoms with Gasteiger partial charge in [0.05, 0.1) is 25.4 Å². The largest absolute Gasteiger partial charge is 0.426 e. The lowest BCUT2D eigenvalue weighted by Gasteiger charge is -2.25. The van der Waals surface area contributed by atoms with Crippen molar-refractivity contribution in [2.75, 3.05) is 5.32 Å². The lowest BCUT2D eigenvalue weighted by molar-refractivity contribution is -0.384. The molecule has 0 saturated carbocycles. The topological polar surface area (TPSA) is 127 Å². The van der Waals surface area contributed by atoms with Crippen molar-refractivity contribution in [3.8, 4) is 0 Å². The van der Waals surface area contributed by atoms with E-state index in [1.807, 2.05) is 0 Å². The number of nitro benzene ring substituents is 1. The van der Waals surface area contributed by atoms with Crippen molar-refractivity contribution in [1.82, 2.24) is 0 Å². The molecule has 2 N–H and O–H groups in total. The van der Waals surface area contributed by atoms with E-state index in [0.29, 0.717) is 0 Å². The maximum Gasteiger partial charge on any atom is 0.426 e. The van der Waals surface area contributed by atoms with Crippen LogP contribution in [0.4, 0.5) is 24.5 Å². The molecule has 0 aliphatic heterocycles. The highest BCUT2D eigenvalue weighted by molar-refractivity contribution is 7.91. The maximum absolute atomic E-state index is 12.7. The number of benzene rings is 2. The Labute approximate surface area is 167 Å². The summed E-state index contributed by atoms with van der Waals surface area (Å²) >= 11 is 5.87. The smallest absolute Gasteiger partial charge is 0.373 e. The van der Waals surface area contributed by atoms with E-state index in [0.717, 1.165) is 42.5 Å². The van der Waals surface area contributed by atoms with Gasteiger partial charge in [-0.2, -0.15) is 13.2 Å². The van der Waals surface area contributed by atoms with Gasteiger partial charge in [0.15, 0.2) is 0 Å². The summed E-state index contributed by atoms with van der Waals surface area (Å²) in [6.45, 7) is 0.254. The number of carbonyl (C=O) groups excluding carboxylic acids is 1. The Morgan fingerprint density at radius 2 is 1.66 bits per heavy atom. The second kappa shape index (κ2) is 7.61. The molecule has 0 aliphatic carbocycles. The monoisotopic (exact) mass is 452 g/mol. The number of nitrogens with one attached hydrogen (secondary N) is 1. The van der Waals surface area contributed by atoms with Gasteiger partial charge in [0.1, 0.15) is 0 Å². The molecule has 2 aromatic rings. The quantitative estimate of drug-likeness (QED) is 0.529. The number of amides is 1. The number of anilines is 1. The molecule has 2 aromatic carbocycles. The van der Waals surface area contributed by atoms with Gasteiger partial charge in [-0.3, -0.25) is 14.9 Å². The second-order valence-electron chi connectivity index (χ2n) is 5.92. The second-order valence-corrected chi connectivity index (χ2v) is 8.28. The average Bonchev–Trinajstić information content (AvgIpc) is 2.62. The molecule has 13 heteroatoms. The van der Waals surface area contributed by atoms with Gasteiger partial charge in [-0.15, -0.1) is 0 Å². The third-order valence-corrected chi connectivity index (χ3v) is 5.93. The molecule has 0 aliphatic rings. The molecule has 2 rings (SSSR count). The van der Waals surface area contributed by atoms with Gasteiger partial charge in [0.25, 0.3) is 11.6 Å². The third-order valence-electron chi connectivity index (χ3n) is 3.85. The number of non-ortho nitro benzene ring substituents is 1. The van der Waals surface area contributed by atoms with Crippen molar-refractivity contribution in [3.05, 3.63) is 57.6 Å². The van der Waals surface area contributed by atoms with Crippen LogP contribution in [0.1, 0.15) is 6.92 Å². The van der Waals surface area contributed by atoms with Gasteiger partial charge in [-0.05, 0) is 37.3 Å². The molecule has 1 amide bonds. The Morgan fingerprint density at radius 3 is 2.10 bits per heavy atom. The summed E-state index contributed by atoms with van der Waals surface area (Å²) in [7, 11) is -4.15. The van der Waals surface area contributed by atoms with Crippen LogP contribution in [0.5, 0.6) is 0 Å². The summed E-state index contributed by atoms with van der Waals surface area (Å²) in [5.74, 6) is -1.81. The Hall–Kier alpha value is -2.70. The normalized spacial score (nSPS) is 14.1. The molecular weight excluding hydrogens is 441 g/mol. The molecule has 0 fully saturated rings. The van der Waals surface area contributed by atoms with Crippen molar-refractivity contribution in [2.45, 2.75) is 28.5 Å². The average molecular weight is 453 g/mol. The molecule has 1 atom stereocenters. The minimum Gasteiger partial charge on any atom is -0.373 e. The summed E-state index contributed by atoms with van der Waals surface area (Å²) in [5.41, 5.74) is -4.37. The SMILES string of the molecule is CC(O)(C(=O)Nc1ccc(S(=O)(=O)c2ccc([N+](=O)[O-])cc2)cc1Cl)C(F)(F)F. The van der Waals surface area contributed by atoms with Crippen LogP contribution in [0.3, 0.4) is 0 Å². The number of nitro groups is 1. The number of sulfone groups is 1. The number of hydrogen-bond donors (Lipinski definition) is 2. The van der Waals surface area contributed by atoms with Crippen LogP contribution in [0, 0.1) is 10.1 Å². The molecule has 1 unspecified atom stereocenters. The first-order valence-electron chi connectivity index (χ1n) is 7.57. The van der Waals surface area contributed by atoms with Gasteiger partial charge in [-0.1, -0.05) is 11.6 Å². The Morgan fingerprint density at radius 1 is 1.14 bits per heavy atom.